The van der Waals surface area contributed by atoms with Gasteiger partial charge in [-0.3, -0.25) is 4.79 Å². The Morgan fingerprint density at radius 1 is 1.06 bits per heavy atom. The van der Waals surface area contributed by atoms with E-state index in [0.29, 0.717) is 11.5 Å². The van der Waals surface area contributed by atoms with Gasteiger partial charge in [0.25, 0.3) is 0 Å². The zero-order chi connectivity index (χ0) is 26.0. The highest BCUT2D eigenvalue weighted by molar-refractivity contribution is 6.31. The predicted octanol–water partition coefficient (Wildman–Crippen LogP) is 4.85. The number of rotatable bonds is 8. The van der Waals surface area contributed by atoms with Crippen LogP contribution in [0.2, 0.25) is 5.02 Å². The highest BCUT2D eigenvalue weighted by atomic mass is 35.5. The third-order valence-electron chi connectivity index (χ3n) is 5.44. The van der Waals surface area contributed by atoms with Crippen LogP contribution in [0.25, 0.3) is 0 Å². The van der Waals surface area contributed by atoms with Gasteiger partial charge in [0.2, 0.25) is 5.56 Å². The molecule has 0 aliphatic rings. The van der Waals surface area contributed by atoms with Gasteiger partial charge in [-0.1, -0.05) is 24.6 Å². The monoisotopic (exact) mass is 511 g/mol. The maximum absolute atomic E-state index is 14.1. The lowest BCUT2D eigenvalue weighted by molar-refractivity contribution is -0.274. The zero-order valence-electron chi connectivity index (χ0n) is 18.5. The normalized spacial score (nSPS) is 14.1. The number of hydrogen-bond acceptors (Lipinski definition) is 5. The molecule has 1 heterocycles. The summed E-state index contributed by atoms with van der Waals surface area (Å²) in [6.07, 6.45) is -4.13. The number of aromatic nitrogens is 1. The van der Waals surface area contributed by atoms with E-state index >= 15 is 0 Å². The highest BCUT2D eigenvalue weighted by Gasteiger charge is 2.59. The van der Waals surface area contributed by atoms with E-state index in [2.05, 4.69) is 0 Å². The number of alkyl halides is 3. The molecule has 186 valence electrons. The van der Waals surface area contributed by atoms with E-state index in [4.69, 9.17) is 26.2 Å². The highest BCUT2D eigenvalue weighted by Crippen LogP contribution is 2.49. The van der Waals surface area contributed by atoms with Crippen LogP contribution in [0.5, 0.6) is 17.2 Å². The molecular formula is C24H21ClF3NO6. The Bertz CT molecular complexity index is 1280. The number of aliphatic carboxylic acids is 1. The Kier molecular flexibility index (Phi) is 7.47. The fourth-order valence-corrected chi connectivity index (χ4v) is 3.85. The molecule has 0 bridgehead atoms. The van der Waals surface area contributed by atoms with E-state index in [-0.39, 0.29) is 16.3 Å². The molecule has 0 saturated heterocycles. The zero-order valence-corrected chi connectivity index (χ0v) is 19.3. The largest absolute Gasteiger partial charge is 0.482 e. The molecular weight excluding hydrogens is 491 g/mol. The average Bonchev–Trinajstić information content (AvgIpc) is 2.78. The molecule has 0 spiro atoms. The summed E-state index contributed by atoms with van der Waals surface area (Å²) < 4.78 is 54.1. The first kappa shape index (κ1) is 26.1. The Balaban J connectivity index is 1.87. The summed E-state index contributed by atoms with van der Waals surface area (Å²) in [4.78, 5) is 22.2. The van der Waals surface area contributed by atoms with Crippen molar-refractivity contribution in [3.63, 3.8) is 0 Å². The topological polar surface area (TPSA) is 98.0 Å². The minimum absolute atomic E-state index is 0.0186. The van der Waals surface area contributed by atoms with Gasteiger partial charge in [-0.2, -0.15) is 13.2 Å². The smallest absolute Gasteiger partial charge is 0.422 e. The van der Waals surface area contributed by atoms with Gasteiger partial charge in [-0.05, 0) is 48.0 Å². The summed E-state index contributed by atoms with van der Waals surface area (Å²) in [6, 6.07) is 12.0. The second-order valence-electron chi connectivity index (χ2n) is 7.79. The lowest BCUT2D eigenvalue weighted by atomic mass is 9.78. The van der Waals surface area contributed by atoms with Crippen LogP contribution in [0, 0.1) is 0 Å². The van der Waals surface area contributed by atoms with Crippen LogP contribution in [0.1, 0.15) is 24.0 Å². The van der Waals surface area contributed by atoms with E-state index in [1.54, 1.807) is 0 Å². The van der Waals surface area contributed by atoms with Crippen molar-refractivity contribution in [2.24, 2.45) is 7.05 Å². The minimum Gasteiger partial charge on any atom is -0.482 e. The van der Waals surface area contributed by atoms with Gasteiger partial charge in [-0.25, -0.2) is 4.79 Å². The molecule has 0 fully saturated rings. The maximum atomic E-state index is 14.1. The van der Waals surface area contributed by atoms with Crippen molar-refractivity contribution in [1.29, 1.82) is 0 Å². The van der Waals surface area contributed by atoms with Gasteiger partial charge < -0.3 is 24.3 Å². The van der Waals surface area contributed by atoms with Crippen LogP contribution in [-0.4, -0.2) is 33.5 Å². The Hall–Kier alpha value is -3.50. The summed E-state index contributed by atoms with van der Waals surface area (Å²) in [7, 11) is 1.29. The number of aryl methyl sites for hydroxylation is 1. The van der Waals surface area contributed by atoms with Crippen LogP contribution in [0.15, 0.2) is 65.6 Å². The van der Waals surface area contributed by atoms with Crippen LogP contribution >= 0.6 is 11.6 Å². The second-order valence-corrected chi connectivity index (χ2v) is 8.20. The summed E-state index contributed by atoms with van der Waals surface area (Å²) in [6.45, 7) is 0.690. The molecule has 3 aromatic rings. The van der Waals surface area contributed by atoms with Gasteiger partial charge >= 0.3 is 12.1 Å². The molecule has 0 amide bonds. The molecule has 2 aromatic carbocycles. The molecule has 0 aliphatic heterocycles. The third-order valence-corrected chi connectivity index (χ3v) is 5.77. The lowest BCUT2D eigenvalue weighted by Gasteiger charge is -2.37. The fourth-order valence-electron chi connectivity index (χ4n) is 3.51. The molecule has 2 atom stereocenters. The minimum atomic E-state index is -5.08. The standard InChI is InChI=1S/C24H21ClF3NO6/c1-14(23(33,24(26,27)28)15-3-10-21(30)29(2)12-15)19-9-8-18(11-20(19)25)35-17-6-4-16(5-7-17)34-13-22(31)32/h3-12,14,33H,13H2,1-2H3,(H,31,32)/t14-,23-/m1/s1. The number of benzene rings is 2. The van der Waals surface area contributed by atoms with E-state index in [9.17, 15) is 27.9 Å². The predicted molar refractivity (Wildman–Crippen MR) is 121 cm³/mol. The number of aliphatic hydroxyl groups is 1. The van der Waals surface area contributed by atoms with Gasteiger partial charge in [0, 0.05) is 35.8 Å². The number of carboxylic acid groups (broad SMARTS) is 1. The second kappa shape index (κ2) is 10.0. The SMILES string of the molecule is C[C@H](c1ccc(Oc2ccc(OCC(=O)O)cc2)cc1Cl)[C@@](O)(c1ccc(=O)n(C)c1)C(F)(F)F. The number of pyridine rings is 1. The van der Waals surface area contributed by atoms with Crippen LogP contribution in [0.3, 0.4) is 0 Å². The van der Waals surface area contributed by atoms with Crippen molar-refractivity contribution in [1.82, 2.24) is 4.57 Å². The summed E-state index contributed by atoms with van der Waals surface area (Å²) in [5.41, 5.74) is -4.32. The van der Waals surface area contributed by atoms with E-state index in [1.807, 2.05) is 0 Å². The van der Waals surface area contributed by atoms with Gasteiger partial charge in [-0.15, -0.1) is 0 Å². The first-order valence-electron chi connectivity index (χ1n) is 10.2. The number of halogens is 4. The maximum Gasteiger partial charge on any atom is 0.422 e. The molecule has 35 heavy (non-hydrogen) atoms. The Morgan fingerprint density at radius 2 is 1.66 bits per heavy atom. The van der Waals surface area contributed by atoms with Crippen molar-refractivity contribution < 1.29 is 37.7 Å². The van der Waals surface area contributed by atoms with E-state index in [1.165, 1.54) is 56.4 Å². The molecule has 0 saturated carbocycles. The summed E-state index contributed by atoms with van der Waals surface area (Å²) in [5, 5.41) is 19.5. The third kappa shape index (κ3) is 5.60. The quantitative estimate of drug-likeness (QED) is 0.449. The van der Waals surface area contributed by atoms with Crippen LogP contribution in [-0.2, 0) is 17.4 Å². The molecule has 1 aromatic heterocycles. The van der Waals surface area contributed by atoms with Crippen molar-refractivity contribution in [2.75, 3.05) is 6.61 Å². The lowest BCUT2D eigenvalue weighted by Crippen LogP contribution is -2.47. The van der Waals surface area contributed by atoms with Crippen molar-refractivity contribution in [3.8, 4) is 17.2 Å². The fraction of sp³-hybridized carbons (Fsp3) is 0.250. The molecule has 0 unspecified atom stereocenters. The molecule has 3 rings (SSSR count). The number of hydrogen-bond donors (Lipinski definition) is 2. The summed E-state index contributed by atoms with van der Waals surface area (Å²) >= 11 is 6.30. The molecule has 0 radical (unpaired) electrons. The molecule has 7 nitrogen and oxygen atoms in total. The van der Waals surface area contributed by atoms with Crippen molar-refractivity contribution in [2.45, 2.75) is 24.6 Å². The number of ether oxygens (including phenoxy) is 2. The molecule has 2 N–H and O–H groups in total. The Labute approximate surface area is 202 Å². The van der Waals surface area contributed by atoms with Crippen LogP contribution in [0.4, 0.5) is 13.2 Å². The molecule has 0 aliphatic carbocycles. The van der Waals surface area contributed by atoms with Crippen LogP contribution < -0.4 is 15.0 Å². The van der Waals surface area contributed by atoms with Gasteiger partial charge in [0.05, 0.1) is 0 Å². The average molecular weight is 512 g/mol. The van der Waals surface area contributed by atoms with E-state index < -0.39 is 41.4 Å². The van der Waals surface area contributed by atoms with E-state index in [0.717, 1.165) is 22.9 Å². The summed E-state index contributed by atoms with van der Waals surface area (Å²) in [5.74, 6) is -1.77. The Morgan fingerprint density at radius 3 is 2.20 bits per heavy atom. The number of nitrogens with zero attached hydrogens (tertiary/aromatic N) is 1. The molecule has 11 heteroatoms. The van der Waals surface area contributed by atoms with Gasteiger partial charge in [0.15, 0.2) is 12.2 Å². The van der Waals surface area contributed by atoms with Gasteiger partial charge in [0.1, 0.15) is 17.2 Å². The van der Waals surface area contributed by atoms with Crippen molar-refractivity contribution >= 4 is 17.6 Å². The first-order chi connectivity index (χ1) is 16.3. The number of carbonyl (C=O) groups is 1. The number of carboxylic acids is 1. The first-order valence-corrected chi connectivity index (χ1v) is 10.6. The van der Waals surface area contributed by atoms with Crippen molar-refractivity contribution in [3.05, 3.63) is 87.3 Å².